The van der Waals surface area contributed by atoms with E-state index in [1.807, 2.05) is 32.9 Å². The Kier molecular flexibility index (Phi) is 5.68. The van der Waals surface area contributed by atoms with Crippen LogP contribution in [0.5, 0.6) is 11.5 Å². The van der Waals surface area contributed by atoms with Crippen LogP contribution in [0.15, 0.2) is 24.3 Å². The van der Waals surface area contributed by atoms with Gasteiger partial charge in [0, 0.05) is 31.5 Å². The molecule has 2 aliphatic heterocycles. The van der Waals surface area contributed by atoms with E-state index in [0.29, 0.717) is 19.4 Å². The summed E-state index contributed by atoms with van der Waals surface area (Å²) in [6.07, 6.45) is 5.43. The summed E-state index contributed by atoms with van der Waals surface area (Å²) in [5, 5.41) is 10.2. The van der Waals surface area contributed by atoms with Gasteiger partial charge in [0.15, 0.2) is 17.3 Å². The molecule has 1 aromatic rings. The van der Waals surface area contributed by atoms with Crippen LogP contribution in [0, 0.1) is 0 Å². The van der Waals surface area contributed by atoms with Gasteiger partial charge < -0.3 is 19.3 Å². The lowest BCUT2D eigenvalue weighted by molar-refractivity contribution is -0.128. The summed E-state index contributed by atoms with van der Waals surface area (Å²) in [6.45, 7) is 8.39. The summed E-state index contributed by atoms with van der Waals surface area (Å²) in [6, 6.07) is 4.08. The molecule has 0 radical (unpaired) electrons. The summed E-state index contributed by atoms with van der Waals surface area (Å²) < 4.78 is 17.5. The minimum Gasteiger partial charge on any atom is -0.493 e. The first-order chi connectivity index (χ1) is 14.2. The Bertz CT molecular complexity index is 843. The predicted octanol–water partition coefficient (Wildman–Crippen LogP) is 2.99. The van der Waals surface area contributed by atoms with Crippen molar-refractivity contribution < 1.29 is 24.1 Å². The minimum absolute atomic E-state index is 0.0932. The fourth-order valence-corrected chi connectivity index (χ4v) is 4.84. The van der Waals surface area contributed by atoms with E-state index in [0.717, 1.165) is 31.0 Å². The summed E-state index contributed by atoms with van der Waals surface area (Å²) >= 11 is 0. The average molecular weight is 416 g/mol. The summed E-state index contributed by atoms with van der Waals surface area (Å²) in [5.74, 6) is 1.69. The van der Waals surface area contributed by atoms with Gasteiger partial charge in [-0.2, -0.15) is 0 Å². The van der Waals surface area contributed by atoms with E-state index in [1.165, 1.54) is 11.1 Å². The monoisotopic (exact) mass is 415 g/mol. The number of Topliss-reactive ketones (excluding diaryl/α,β-unsaturated/α-hetero) is 1. The molecule has 2 heterocycles. The Morgan fingerprint density at radius 1 is 1.37 bits per heavy atom. The van der Waals surface area contributed by atoms with Crippen molar-refractivity contribution in [1.29, 1.82) is 0 Å². The van der Waals surface area contributed by atoms with Crippen LogP contribution in [0.4, 0.5) is 0 Å². The van der Waals surface area contributed by atoms with Gasteiger partial charge in [-0.05, 0) is 45.4 Å². The molecule has 6 heteroatoms. The van der Waals surface area contributed by atoms with Crippen molar-refractivity contribution in [2.45, 2.75) is 69.8 Å². The molecule has 0 aromatic heterocycles. The van der Waals surface area contributed by atoms with Gasteiger partial charge in [-0.3, -0.25) is 9.69 Å². The van der Waals surface area contributed by atoms with Gasteiger partial charge in [-0.15, -0.1) is 0 Å². The highest BCUT2D eigenvalue weighted by Gasteiger charge is 2.52. The number of rotatable bonds is 6. The number of ketones is 1. The van der Waals surface area contributed by atoms with Crippen molar-refractivity contribution >= 4 is 5.78 Å². The number of ether oxygens (including phenoxy) is 3. The first-order valence-corrected chi connectivity index (χ1v) is 10.8. The number of hydrogen-bond acceptors (Lipinski definition) is 6. The summed E-state index contributed by atoms with van der Waals surface area (Å²) in [4.78, 5) is 14.7. The van der Waals surface area contributed by atoms with Crippen molar-refractivity contribution in [3.8, 4) is 11.5 Å². The van der Waals surface area contributed by atoms with Crippen molar-refractivity contribution in [3.05, 3.63) is 35.4 Å². The van der Waals surface area contributed by atoms with Crippen LogP contribution in [-0.4, -0.2) is 60.4 Å². The lowest BCUT2D eigenvalue weighted by Crippen LogP contribution is -2.43. The molecule has 1 aliphatic carbocycles. The zero-order valence-electron chi connectivity index (χ0n) is 18.4. The van der Waals surface area contributed by atoms with E-state index in [9.17, 15) is 9.90 Å². The van der Waals surface area contributed by atoms with E-state index in [-0.39, 0.29) is 29.5 Å². The normalized spacial score (nSPS) is 27.8. The van der Waals surface area contributed by atoms with Gasteiger partial charge in [-0.1, -0.05) is 18.2 Å². The minimum atomic E-state index is -0.482. The van der Waals surface area contributed by atoms with Gasteiger partial charge in [0.05, 0.1) is 24.2 Å². The molecule has 1 N–H and O–H groups in total. The van der Waals surface area contributed by atoms with Gasteiger partial charge >= 0.3 is 0 Å². The second-order valence-electron chi connectivity index (χ2n) is 9.66. The fraction of sp³-hybridized carbons (Fsp3) is 0.625. The SMILES string of the molecule is COc1ccc2c3c1OC1CC(O)C=CC31CCN(CCC(=O)COC(C)(C)C)C2. The molecule has 1 spiro atoms. The number of aliphatic hydroxyl groups excluding tert-OH is 1. The molecule has 164 valence electrons. The third-order valence-electron chi connectivity index (χ3n) is 6.41. The molecule has 0 saturated heterocycles. The highest BCUT2D eigenvalue weighted by molar-refractivity contribution is 5.79. The molecule has 3 unspecified atom stereocenters. The molecule has 0 bridgehead atoms. The van der Waals surface area contributed by atoms with Gasteiger partial charge in [0.1, 0.15) is 12.7 Å². The van der Waals surface area contributed by atoms with Crippen LogP contribution in [0.1, 0.15) is 51.2 Å². The third kappa shape index (κ3) is 4.01. The molecule has 0 amide bonds. The van der Waals surface area contributed by atoms with Crippen LogP contribution in [0.25, 0.3) is 0 Å². The summed E-state index contributed by atoms with van der Waals surface area (Å²) in [5.41, 5.74) is 1.86. The van der Waals surface area contributed by atoms with Crippen molar-refractivity contribution in [1.82, 2.24) is 4.90 Å². The number of nitrogens with zero attached hydrogens (tertiary/aromatic N) is 1. The third-order valence-corrected chi connectivity index (χ3v) is 6.41. The lowest BCUT2D eigenvalue weighted by atomic mass is 9.69. The van der Waals surface area contributed by atoms with Crippen LogP contribution in [-0.2, 0) is 21.5 Å². The second kappa shape index (κ2) is 7.98. The molecule has 3 atom stereocenters. The molecule has 3 aliphatic rings. The van der Waals surface area contributed by atoms with Gasteiger partial charge in [0.25, 0.3) is 0 Å². The van der Waals surface area contributed by atoms with E-state index in [1.54, 1.807) is 7.11 Å². The van der Waals surface area contributed by atoms with Crippen LogP contribution < -0.4 is 9.47 Å². The quantitative estimate of drug-likeness (QED) is 0.721. The zero-order valence-corrected chi connectivity index (χ0v) is 18.4. The first-order valence-electron chi connectivity index (χ1n) is 10.8. The van der Waals surface area contributed by atoms with E-state index in [2.05, 4.69) is 17.0 Å². The zero-order chi connectivity index (χ0) is 21.5. The number of carbonyl (C=O) groups is 1. The molecule has 0 fully saturated rings. The highest BCUT2D eigenvalue weighted by atomic mass is 16.5. The predicted molar refractivity (Wildman–Crippen MR) is 114 cm³/mol. The Morgan fingerprint density at radius 3 is 2.90 bits per heavy atom. The Labute approximate surface area is 178 Å². The van der Waals surface area contributed by atoms with E-state index >= 15 is 0 Å². The van der Waals surface area contributed by atoms with Crippen molar-refractivity contribution in [2.24, 2.45) is 0 Å². The maximum absolute atomic E-state index is 12.3. The molecule has 0 saturated carbocycles. The molecule has 1 aromatic carbocycles. The van der Waals surface area contributed by atoms with Crippen LogP contribution in [0.3, 0.4) is 0 Å². The first kappa shape index (κ1) is 21.3. The van der Waals surface area contributed by atoms with Gasteiger partial charge in [-0.25, -0.2) is 0 Å². The number of carbonyl (C=O) groups excluding carboxylic acids is 1. The Hall–Kier alpha value is -1.89. The second-order valence-corrected chi connectivity index (χ2v) is 9.66. The maximum Gasteiger partial charge on any atom is 0.166 e. The standard InChI is InChI=1S/C24H33NO5/c1-23(2,3)29-15-18(27)8-11-25-12-10-24-9-7-17(26)13-20(24)30-22-19(28-4)6-5-16(14-25)21(22)24/h5-7,9,17,20,26H,8,10-15H2,1-4H3. The van der Waals surface area contributed by atoms with Crippen LogP contribution >= 0.6 is 0 Å². The highest BCUT2D eigenvalue weighted by Crippen LogP contribution is 2.55. The van der Waals surface area contributed by atoms with Crippen LogP contribution in [0.2, 0.25) is 0 Å². The molecular formula is C24H33NO5. The Balaban J connectivity index is 1.54. The van der Waals surface area contributed by atoms with Gasteiger partial charge in [0.2, 0.25) is 0 Å². The molecular weight excluding hydrogens is 382 g/mol. The van der Waals surface area contributed by atoms with E-state index in [4.69, 9.17) is 14.2 Å². The molecule has 6 nitrogen and oxygen atoms in total. The molecule has 4 rings (SSSR count). The van der Waals surface area contributed by atoms with E-state index < -0.39 is 6.10 Å². The number of aliphatic hydroxyl groups is 1. The number of methoxy groups -OCH3 is 1. The fourth-order valence-electron chi connectivity index (χ4n) is 4.84. The smallest absolute Gasteiger partial charge is 0.166 e. The Morgan fingerprint density at radius 2 is 2.17 bits per heavy atom. The average Bonchev–Trinajstić information content (AvgIpc) is 2.93. The maximum atomic E-state index is 12.3. The number of benzene rings is 1. The topological polar surface area (TPSA) is 68.2 Å². The largest absolute Gasteiger partial charge is 0.493 e. The summed E-state index contributed by atoms with van der Waals surface area (Å²) in [7, 11) is 1.66. The van der Waals surface area contributed by atoms with Crippen molar-refractivity contribution in [3.63, 3.8) is 0 Å². The molecule has 30 heavy (non-hydrogen) atoms. The van der Waals surface area contributed by atoms with Crippen molar-refractivity contribution in [2.75, 3.05) is 26.8 Å². The lowest BCUT2D eigenvalue weighted by Gasteiger charge is -2.35. The number of hydrogen-bond donors (Lipinski definition) is 1.